The maximum absolute atomic E-state index is 5.51. The van der Waals surface area contributed by atoms with Crippen molar-refractivity contribution < 1.29 is 0 Å². The molecule has 0 unspecified atom stereocenters. The van der Waals surface area contributed by atoms with Gasteiger partial charge in [-0.3, -0.25) is 0 Å². The maximum atomic E-state index is 5.51. The number of aryl methyl sites for hydroxylation is 2. The first kappa shape index (κ1) is 12.1. The lowest BCUT2D eigenvalue weighted by molar-refractivity contribution is 1.37. The van der Waals surface area contributed by atoms with Gasteiger partial charge >= 0.3 is 0 Å². The maximum Gasteiger partial charge on any atom is 0.104 e. The Morgan fingerprint density at radius 1 is 1.23 bits per heavy atom. The third kappa shape index (κ3) is 3.55. The third-order valence-electron chi connectivity index (χ3n) is 1.66. The highest BCUT2D eigenvalue weighted by Gasteiger charge is 1.99. The molecule has 0 saturated carbocycles. The van der Waals surface area contributed by atoms with Crippen LogP contribution in [0.4, 0.5) is 0 Å². The zero-order valence-electron chi connectivity index (χ0n) is 8.72. The molecule has 2 N–H and O–H groups in total. The SMILES string of the molecule is CC.Cc1ccc(C)c(C(N)=S)c1. The molecule has 0 bridgehead atoms. The summed E-state index contributed by atoms with van der Waals surface area (Å²) in [6.45, 7) is 8.04. The van der Waals surface area contributed by atoms with E-state index in [2.05, 4.69) is 6.07 Å². The van der Waals surface area contributed by atoms with E-state index in [-0.39, 0.29) is 0 Å². The van der Waals surface area contributed by atoms with Crippen LogP contribution in [0, 0.1) is 13.8 Å². The van der Waals surface area contributed by atoms with E-state index in [0.717, 1.165) is 11.1 Å². The summed E-state index contributed by atoms with van der Waals surface area (Å²) < 4.78 is 0. The number of thiocarbonyl (C=S) groups is 1. The fraction of sp³-hybridized carbons (Fsp3) is 0.364. The molecule has 13 heavy (non-hydrogen) atoms. The van der Waals surface area contributed by atoms with Crippen LogP contribution >= 0.6 is 12.2 Å². The smallest absolute Gasteiger partial charge is 0.104 e. The van der Waals surface area contributed by atoms with Crippen LogP contribution in [0.15, 0.2) is 18.2 Å². The first-order chi connectivity index (χ1) is 6.11. The predicted octanol–water partition coefficient (Wildman–Crippen LogP) is 2.96. The minimum absolute atomic E-state index is 0.478. The van der Waals surface area contributed by atoms with Gasteiger partial charge in [0, 0.05) is 5.56 Å². The first-order valence-electron chi connectivity index (χ1n) is 4.48. The second-order valence-corrected chi connectivity index (χ2v) is 3.12. The van der Waals surface area contributed by atoms with Crippen LogP contribution in [0.5, 0.6) is 0 Å². The molecule has 0 atom stereocenters. The predicted molar refractivity (Wildman–Crippen MR) is 63.2 cm³/mol. The largest absolute Gasteiger partial charge is 0.389 e. The molecule has 0 aliphatic rings. The Morgan fingerprint density at radius 2 is 1.77 bits per heavy atom. The van der Waals surface area contributed by atoms with Crippen LogP contribution < -0.4 is 5.73 Å². The van der Waals surface area contributed by atoms with Crippen LogP contribution in [0.3, 0.4) is 0 Å². The summed E-state index contributed by atoms with van der Waals surface area (Å²) in [6, 6.07) is 6.10. The van der Waals surface area contributed by atoms with Crippen LogP contribution in [-0.2, 0) is 0 Å². The molecule has 2 heteroatoms. The van der Waals surface area contributed by atoms with Gasteiger partial charge in [0.25, 0.3) is 0 Å². The molecule has 0 fully saturated rings. The normalized spacial score (nSPS) is 8.62. The summed E-state index contributed by atoms with van der Waals surface area (Å²) in [6.07, 6.45) is 0. The van der Waals surface area contributed by atoms with Gasteiger partial charge in [-0.1, -0.05) is 43.8 Å². The zero-order valence-corrected chi connectivity index (χ0v) is 9.53. The highest BCUT2D eigenvalue weighted by molar-refractivity contribution is 7.80. The molecule has 0 heterocycles. The number of benzene rings is 1. The fourth-order valence-corrected chi connectivity index (χ4v) is 1.22. The molecule has 0 saturated heterocycles. The van der Waals surface area contributed by atoms with E-state index in [1.807, 2.05) is 39.8 Å². The van der Waals surface area contributed by atoms with Gasteiger partial charge in [-0.25, -0.2) is 0 Å². The van der Waals surface area contributed by atoms with E-state index in [0.29, 0.717) is 4.99 Å². The first-order valence-corrected chi connectivity index (χ1v) is 4.89. The second kappa shape index (κ2) is 5.70. The van der Waals surface area contributed by atoms with Gasteiger partial charge in [0.1, 0.15) is 4.99 Å². The van der Waals surface area contributed by atoms with Crippen molar-refractivity contribution in [2.45, 2.75) is 27.7 Å². The van der Waals surface area contributed by atoms with Gasteiger partial charge in [-0.2, -0.15) is 0 Å². The fourth-order valence-electron chi connectivity index (χ4n) is 1.00. The summed E-state index contributed by atoms with van der Waals surface area (Å²) >= 11 is 4.89. The van der Waals surface area contributed by atoms with Crippen molar-refractivity contribution in [3.8, 4) is 0 Å². The molecule has 0 aliphatic heterocycles. The van der Waals surface area contributed by atoms with Crippen molar-refractivity contribution in [3.63, 3.8) is 0 Å². The highest BCUT2D eigenvalue weighted by atomic mass is 32.1. The van der Waals surface area contributed by atoms with Crippen LogP contribution in [0.1, 0.15) is 30.5 Å². The summed E-state index contributed by atoms with van der Waals surface area (Å²) in [4.78, 5) is 0.478. The van der Waals surface area contributed by atoms with Crippen LogP contribution in [0.25, 0.3) is 0 Å². The topological polar surface area (TPSA) is 26.0 Å². The molecule has 0 aliphatic carbocycles. The molecular weight excluding hydrogens is 178 g/mol. The molecule has 1 nitrogen and oxygen atoms in total. The van der Waals surface area contributed by atoms with Crippen LogP contribution in [0.2, 0.25) is 0 Å². The molecule has 1 rings (SSSR count). The van der Waals surface area contributed by atoms with Crippen molar-refractivity contribution in [1.82, 2.24) is 0 Å². The zero-order chi connectivity index (χ0) is 10.4. The van der Waals surface area contributed by atoms with E-state index >= 15 is 0 Å². The van der Waals surface area contributed by atoms with Crippen molar-refractivity contribution in [1.29, 1.82) is 0 Å². The van der Waals surface area contributed by atoms with Gasteiger partial charge in [-0.15, -0.1) is 0 Å². The van der Waals surface area contributed by atoms with E-state index < -0.39 is 0 Å². The number of hydrogen-bond donors (Lipinski definition) is 1. The Bertz CT molecular complexity index is 292. The van der Waals surface area contributed by atoms with Gasteiger partial charge in [-0.05, 0) is 25.5 Å². The summed E-state index contributed by atoms with van der Waals surface area (Å²) in [7, 11) is 0. The number of nitrogens with two attached hydrogens (primary N) is 1. The van der Waals surface area contributed by atoms with Gasteiger partial charge < -0.3 is 5.73 Å². The standard InChI is InChI=1S/C9H11NS.C2H6/c1-6-3-4-7(2)8(5-6)9(10)11;1-2/h3-5H,1-2H3,(H2,10,11);1-2H3. The molecular formula is C11H17NS. The van der Waals surface area contributed by atoms with E-state index in [1.165, 1.54) is 5.56 Å². The van der Waals surface area contributed by atoms with Crippen molar-refractivity contribution >= 4 is 17.2 Å². The Morgan fingerprint density at radius 3 is 2.15 bits per heavy atom. The molecule has 0 amide bonds. The lowest BCUT2D eigenvalue weighted by atomic mass is 10.1. The quantitative estimate of drug-likeness (QED) is 0.697. The van der Waals surface area contributed by atoms with Crippen LogP contribution in [-0.4, -0.2) is 4.99 Å². The Balaban J connectivity index is 0.000000671. The van der Waals surface area contributed by atoms with E-state index in [1.54, 1.807) is 0 Å². The monoisotopic (exact) mass is 195 g/mol. The van der Waals surface area contributed by atoms with Gasteiger partial charge in [0.2, 0.25) is 0 Å². The summed E-state index contributed by atoms with van der Waals surface area (Å²) in [5.74, 6) is 0. The minimum atomic E-state index is 0.478. The lowest BCUT2D eigenvalue weighted by Gasteiger charge is -2.03. The summed E-state index contributed by atoms with van der Waals surface area (Å²) in [5.41, 5.74) is 8.84. The lowest BCUT2D eigenvalue weighted by Crippen LogP contribution is -2.11. The molecule has 0 aromatic heterocycles. The Kier molecular flexibility index (Phi) is 5.31. The van der Waals surface area contributed by atoms with Crippen molar-refractivity contribution in [3.05, 3.63) is 34.9 Å². The molecule has 72 valence electrons. The minimum Gasteiger partial charge on any atom is -0.389 e. The Hall–Kier alpha value is -0.890. The molecule has 0 spiro atoms. The second-order valence-electron chi connectivity index (χ2n) is 2.68. The van der Waals surface area contributed by atoms with Gasteiger partial charge in [0.05, 0.1) is 0 Å². The number of rotatable bonds is 1. The molecule has 1 aromatic carbocycles. The van der Waals surface area contributed by atoms with E-state index in [4.69, 9.17) is 18.0 Å². The highest BCUT2D eigenvalue weighted by Crippen LogP contribution is 2.09. The van der Waals surface area contributed by atoms with Crippen molar-refractivity contribution in [2.75, 3.05) is 0 Å². The average molecular weight is 195 g/mol. The number of hydrogen-bond acceptors (Lipinski definition) is 1. The molecule has 0 radical (unpaired) electrons. The van der Waals surface area contributed by atoms with E-state index in [9.17, 15) is 0 Å². The average Bonchev–Trinajstić information content (AvgIpc) is 2.12. The third-order valence-corrected chi connectivity index (χ3v) is 1.88. The van der Waals surface area contributed by atoms with Crippen molar-refractivity contribution in [2.24, 2.45) is 5.73 Å². The summed E-state index contributed by atoms with van der Waals surface area (Å²) in [5, 5.41) is 0. The Labute approximate surface area is 86.0 Å². The van der Waals surface area contributed by atoms with Gasteiger partial charge in [0.15, 0.2) is 0 Å². The molecule has 1 aromatic rings.